The van der Waals surface area contributed by atoms with Crippen molar-refractivity contribution in [2.75, 3.05) is 12.4 Å². The van der Waals surface area contributed by atoms with Crippen molar-refractivity contribution in [1.82, 2.24) is 0 Å². The van der Waals surface area contributed by atoms with E-state index in [4.69, 9.17) is 27.9 Å². The first-order chi connectivity index (χ1) is 9.51. The molecule has 0 amide bonds. The maximum absolute atomic E-state index is 13.1. The Bertz CT molecular complexity index is 637. The van der Waals surface area contributed by atoms with E-state index < -0.39 is 5.82 Å². The van der Waals surface area contributed by atoms with Crippen molar-refractivity contribution in [3.05, 3.63) is 56.2 Å². The summed E-state index contributed by atoms with van der Waals surface area (Å²) < 4.78 is 19.2. The van der Waals surface area contributed by atoms with E-state index >= 15 is 0 Å². The van der Waals surface area contributed by atoms with Crippen LogP contribution in [0.15, 0.2) is 34.8 Å². The Kier molecular flexibility index (Phi) is 5.13. The topological polar surface area (TPSA) is 21.3 Å². The van der Waals surface area contributed by atoms with Crippen LogP contribution in [0.25, 0.3) is 0 Å². The summed E-state index contributed by atoms with van der Waals surface area (Å²) in [7, 11) is 1.58. The predicted molar refractivity (Wildman–Crippen MR) is 84.4 cm³/mol. The molecular formula is C14H11BrCl2FNO. The standard InChI is InChI=1S/C14H11BrCl2FNO/c1-20-14-10(15)5-9(16)6-13(14)19-7-8-2-3-12(18)11(17)4-8/h2-6,19H,7H2,1H3. The van der Waals surface area contributed by atoms with Gasteiger partial charge < -0.3 is 10.1 Å². The molecule has 0 heterocycles. The number of halogens is 4. The van der Waals surface area contributed by atoms with E-state index in [1.165, 1.54) is 6.07 Å². The summed E-state index contributed by atoms with van der Waals surface area (Å²) in [4.78, 5) is 0. The Morgan fingerprint density at radius 1 is 1.25 bits per heavy atom. The Morgan fingerprint density at radius 2 is 2.00 bits per heavy atom. The van der Waals surface area contributed by atoms with Gasteiger partial charge in [-0.1, -0.05) is 29.3 Å². The van der Waals surface area contributed by atoms with Crippen molar-refractivity contribution in [3.63, 3.8) is 0 Å². The van der Waals surface area contributed by atoms with Crippen LogP contribution in [0.4, 0.5) is 10.1 Å². The fraction of sp³-hybridized carbons (Fsp3) is 0.143. The minimum absolute atomic E-state index is 0.100. The number of rotatable bonds is 4. The van der Waals surface area contributed by atoms with Crippen LogP contribution < -0.4 is 10.1 Å². The maximum Gasteiger partial charge on any atom is 0.156 e. The summed E-state index contributed by atoms with van der Waals surface area (Å²) in [6, 6.07) is 8.09. The van der Waals surface area contributed by atoms with E-state index in [1.54, 1.807) is 31.4 Å². The first-order valence-corrected chi connectivity index (χ1v) is 7.27. The molecule has 6 heteroatoms. The Labute approximate surface area is 135 Å². The zero-order valence-corrected chi connectivity index (χ0v) is 13.6. The molecule has 2 rings (SSSR count). The molecular weight excluding hydrogens is 368 g/mol. The van der Waals surface area contributed by atoms with Gasteiger partial charge in [-0.05, 0) is 45.8 Å². The molecule has 2 aromatic rings. The molecule has 0 spiro atoms. The van der Waals surface area contributed by atoms with Gasteiger partial charge in [-0.3, -0.25) is 0 Å². The number of ether oxygens (including phenoxy) is 1. The van der Waals surface area contributed by atoms with Gasteiger partial charge in [0.05, 0.1) is 22.3 Å². The van der Waals surface area contributed by atoms with Crippen LogP contribution >= 0.6 is 39.1 Å². The minimum Gasteiger partial charge on any atom is -0.493 e. The van der Waals surface area contributed by atoms with Crippen molar-refractivity contribution in [1.29, 1.82) is 0 Å². The molecule has 2 aromatic carbocycles. The van der Waals surface area contributed by atoms with Gasteiger partial charge in [0.15, 0.2) is 5.75 Å². The van der Waals surface area contributed by atoms with Crippen LogP contribution in [0.5, 0.6) is 5.75 Å². The second-order valence-corrected chi connectivity index (χ2v) is 5.77. The van der Waals surface area contributed by atoms with Gasteiger partial charge in [0.2, 0.25) is 0 Å². The zero-order chi connectivity index (χ0) is 14.7. The zero-order valence-electron chi connectivity index (χ0n) is 10.5. The number of hydrogen-bond donors (Lipinski definition) is 1. The monoisotopic (exact) mass is 377 g/mol. The maximum atomic E-state index is 13.1. The molecule has 1 N–H and O–H groups in total. The number of benzene rings is 2. The van der Waals surface area contributed by atoms with Crippen molar-refractivity contribution in [3.8, 4) is 5.75 Å². The average Bonchev–Trinajstić information content (AvgIpc) is 2.39. The van der Waals surface area contributed by atoms with Gasteiger partial charge in [0.25, 0.3) is 0 Å². The summed E-state index contributed by atoms with van der Waals surface area (Å²) in [5, 5.41) is 3.87. The fourth-order valence-electron chi connectivity index (χ4n) is 1.75. The van der Waals surface area contributed by atoms with E-state index in [0.717, 1.165) is 15.7 Å². The number of anilines is 1. The van der Waals surface area contributed by atoms with E-state index in [0.29, 0.717) is 17.3 Å². The Balaban J connectivity index is 2.20. The van der Waals surface area contributed by atoms with E-state index in [1.807, 2.05) is 0 Å². The van der Waals surface area contributed by atoms with Crippen molar-refractivity contribution < 1.29 is 9.13 Å². The molecule has 0 radical (unpaired) electrons. The van der Waals surface area contributed by atoms with Crippen molar-refractivity contribution in [2.45, 2.75) is 6.54 Å². The second-order valence-electron chi connectivity index (χ2n) is 4.07. The Morgan fingerprint density at radius 3 is 2.65 bits per heavy atom. The summed E-state index contributed by atoms with van der Waals surface area (Å²) in [6.07, 6.45) is 0. The van der Waals surface area contributed by atoms with Gasteiger partial charge in [-0.2, -0.15) is 0 Å². The molecule has 0 aliphatic rings. The molecule has 0 saturated carbocycles. The normalized spacial score (nSPS) is 10.4. The highest BCUT2D eigenvalue weighted by Gasteiger charge is 2.09. The van der Waals surface area contributed by atoms with E-state index in [-0.39, 0.29) is 5.02 Å². The van der Waals surface area contributed by atoms with Crippen LogP contribution in [0.3, 0.4) is 0 Å². The van der Waals surface area contributed by atoms with Gasteiger partial charge >= 0.3 is 0 Å². The molecule has 0 fully saturated rings. The average molecular weight is 379 g/mol. The lowest BCUT2D eigenvalue weighted by atomic mass is 10.2. The summed E-state index contributed by atoms with van der Waals surface area (Å²) in [5.41, 5.74) is 1.60. The highest BCUT2D eigenvalue weighted by molar-refractivity contribution is 9.10. The van der Waals surface area contributed by atoms with Gasteiger partial charge in [-0.15, -0.1) is 0 Å². The predicted octanol–water partition coefficient (Wildman–Crippen LogP) is 5.52. The lowest BCUT2D eigenvalue weighted by Gasteiger charge is -2.13. The third kappa shape index (κ3) is 3.57. The largest absolute Gasteiger partial charge is 0.493 e. The van der Waals surface area contributed by atoms with E-state index in [9.17, 15) is 4.39 Å². The first-order valence-electron chi connectivity index (χ1n) is 5.72. The lowest BCUT2D eigenvalue weighted by molar-refractivity contribution is 0.414. The van der Waals surface area contributed by atoms with Gasteiger partial charge in [0, 0.05) is 11.6 Å². The highest BCUT2D eigenvalue weighted by atomic mass is 79.9. The number of hydrogen-bond acceptors (Lipinski definition) is 2. The van der Waals surface area contributed by atoms with Crippen molar-refractivity contribution >= 4 is 44.8 Å². The van der Waals surface area contributed by atoms with Crippen molar-refractivity contribution in [2.24, 2.45) is 0 Å². The molecule has 0 bridgehead atoms. The SMILES string of the molecule is COc1c(Br)cc(Cl)cc1NCc1ccc(F)c(Cl)c1. The fourth-order valence-corrected chi connectivity index (χ4v) is 2.92. The molecule has 0 atom stereocenters. The smallest absolute Gasteiger partial charge is 0.156 e. The molecule has 0 unspecified atom stereocenters. The van der Waals surface area contributed by atoms with Crippen LogP contribution in [-0.4, -0.2) is 7.11 Å². The van der Waals surface area contributed by atoms with Crippen LogP contribution in [-0.2, 0) is 6.54 Å². The third-order valence-electron chi connectivity index (χ3n) is 2.68. The van der Waals surface area contributed by atoms with Gasteiger partial charge in [0.1, 0.15) is 5.82 Å². The summed E-state index contributed by atoms with van der Waals surface area (Å²) in [5.74, 6) is 0.223. The van der Waals surface area contributed by atoms with Crippen LogP contribution in [0, 0.1) is 5.82 Å². The molecule has 106 valence electrons. The summed E-state index contributed by atoms with van der Waals surface area (Å²) >= 11 is 15.1. The number of methoxy groups -OCH3 is 1. The molecule has 0 aromatic heterocycles. The summed E-state index contributed by atoms with van der Waals surface area (Å²) in [6.45, 7) is 0.475. The molecule has 0 aliphatic heterocycles. The van der Waals surface area contributed by atoms with E-state index in [2.05, 4.69) is 21.2 Å². The lowest BCUT2D eigenvalue weighted by Crippen LogP contribution is -2.02. The highest BCUT2D eigenvalue weighted by Crippen LogP contribution is 2.36. The third-order valence-corrected chi connectivity index (χ3v) is 3.78. The quantitative estimate of drug-likeness (QED) is 0.756. The van der Waals surface area contributed by atoms with Gasteiger partial charge in [-0.25, -0.2) is 4.39 Å². The molecule has 0 aliphatic carbocycles. The first kappa shape index (κ1) is 15.4. The molecule has 2 nitrogen and oxygen atoms in total. The molecule has 0 saturated heterocycles. The van der Waals surface area contributed by atoms with Crippen LogP contribution in [0.1, 0.15) is 5.56 Å². The van der Waals surface area contributed by atoms with Crippen LogP contribution in [0.2, 0.25) is 10.0 Å². The number of nitrogens with one attached hydrogen (secondary N) is 1. The second kappa shape index (κ2) is 6.66. The molecule has 20 heavy (non-hydrogen) atoms. The Hall–Kier alpha value is -0.970. The minimum atomic E-state index is -0.432.